The third-order valence-corrected chi connectivity index (χ3v) is 4.71. The van der Waals surface area contributed by atoms with Crippen molar-refractivity contribution in [1.29, 1.82) is 0 Å². The van der Waals surface area contributed by atoms with Crippen LogP contribution in [0, 0.1) is 5.92 Å². The average Bonchev–Trinajstić information content (AvgIpc) is 3.10. The molecule has 0 fully saturated rings. The fourth-order valence-corrected chi connectivity index (χ4v) is 3.44. The van der Waals surface area contributed by atoms with E-state index in [4.69, 9.17) is 32.4 Å². The van der Waals surface area contributed by atoms with E-state index in [1.165, 1.54) is 10.9 Å². The van der Waals surface area contributed by atoms with Gasteiger partial charge in [-0.25, -0.2) is 9.48 Å². The monoisotopic (exact) mass is 379 g/mol. The number of nitrogens with zero attached hydrogens (tertiary/aromatic N) is 2. The van der Waals surface area contributed by atoms with Gasteiger partial charge < -0.3 is 14.5 Å². The molecule has 0 saturated heterocycles. The summed E-state index contributed by atoms with van der Waals surface area (Å²) in [5.41, 5.74) is 2.25. The maximum atomic E-state index is 12.6. The van der Waals surface area contributed by atoms with Gasteiger partial charge in [0.25, 0.3) is 0 Å². The van der Waals surface area contributed by atoms with Crippen molar-refractivity contribution in [2.75, 3.05) is 11.9 Å². The second-order valence-electron chi connectivity index (χ2n) is 6.15. The van der Waals surface area contributed by atoms with Crippen molar-refractivity contribution in [3.05, 3.63) is 45.9 Å². The van der Waals surface area contributed by atoms with Gasteiger partial charge in [0.15, 0.2) is 6.73 Å². The van der Waals surface area contributed by atoms with Crippen LogP contribution in [0.2, 0.25) is 10.0 Å². The maximum Gasteiger partial charge on any atom is 0.376 e. The van der Waals surface area contributed by atoms with Crippen LogP contribution in [0.1, 0.15) is 23.0 Å². The third-order valence-electron chi connectivity index (χ3n) is 4.20. The lowest BCUT2D eigenvalue weighted by atomic mass is 10.00. The second kappa shape index (κ2) is 6.28. The minimum atomic E-state index is -0.533. The Kier molecular flexibility index (Phi) is 4.09. The Morgan fingerprint density at radius 2 is 2.32 bits per heavy atom. The number of halogens is 2. The first-order chi connectivity index (χ1) is 12.0. The van der Waals surface area contributed by atoms with Gasteiger partial charge >= 0.3 is 5.97 Å². The SMILES string of the molecule is CC1CNc2c(Cl)ccc3oc(C(=O)OCn4cc(Cl)cn4)c(c23)C1. The van der Waals surface area contributed by atoms with Crippen LogP contribution < -0.4 is 5.32 Å². The third kappa shape index (κ3) is 2.96. The number of anilines is 1. The molecule has 130 valence electrons. The molecule has 3 aromatic rings. The molecule has 0 saturated carbocycles. The number of aromatic nitrogens is 2. The van der Waals surface area contributed by atoms with Crippen molar-refractivity contribution in [3.63, 3.8) is 0 Å². The first-order valence-corrected chi connectivity index (χ1v) is 8.61. The summed E-state index contributed by atoms with van der Waals surface area (Å²) < 4.78 is 12.6. The molecule has 6 nitrogen and oxygen atoms in total. The van der Waals surface area contributed by atoms with Gasteiger partial charge in [-0.15, -0.1) is 0 Å². The fourth-order valence-electron chi connectivity index (χ4n) is 3.06. The highest BCUT2D eigenvalue weighted by Gasteiger charge is 2.28. The highest BCUT2D eigenvalue weighted by atomic mass is 35.5. The lowest BCUT2D eigenvalue weighted by molar-refractivity contribution is 0.0314. The molecule has 0 aliphatic carbocycles. The van der Waals surface area contributed by atoms with Crippen molar-refractivity contribution in [3.8, 4) is 0 Å². The summed E-state index contributed by atoms with van der Waals surface area (Å²) >= 11 is 12.1. The van der Waals surface area contributed by atoms with E-state index >= 15 is 0 Å². The minimum Gasteiger partial charge on any atom is -0.449 e. The van der Waals surface area contributed by atoms with E-state index in [1.54, 1.807) is 18.3 Å². The van der Waals surface area contributed by atoms with Crippen LogP contribution in [0.4, 0.5) is 5.69 Å². The normalized spacial score (nSPS) is 16.5. The van der Waals surface area contributed by atoms with E-state index in [9.17, 15) is 4.79 Å². The Morgan fingerprint density at radius 3 is 3.08 bits per heavy atom. The van der Waals surface area contributed by atoms with E-state index in [0.29, 0.717) is 28.0 Å². The molecule has 1 aromatic carbocycles. The van der Waals surface area contributed by atoms with Gasteiger partial charge in [-0.1, -0.05) is 30.1 Å². The number of ether oxygens (including phenoxy) is 1. The van der Waals surface area contributed by atoms with Crippen molar-refractivity contribution < 1.29 is 13.9 Å². The Bertz CT molecular complexity index is 964. The number of esters is 1. The summed E-state index contributed by atoms with van der Waals surface area (Å²) in [5.74, 6) is 0.00190. The molecular formula is C17H15Cl2N3O3. The van der Waals surface area contributed by atoms with Crippen LogP contribution in [0.25, 0.3) is 11.0 Å². The highest BCUT2D eigenvalue weighted by Crippen LogP contribution is 2.40. The molecule has 0 amide bonds. The lowest BCUT2D eigenvalue weighted by Gasteiger charge is -2.10. The van der Waals surface area contributed by atoms with Gasteiger partial charge in [0.05, 0.1) is 21.9 Å². The minimum absolute atomic E-state index is 0.0382. The zero-order valence-electron chi connectivity index (χ0n) is 13.4. The number of hydrogen-bond acceptors (Lipinski definition) is 5. The van der Waals surface area contributed by atoms with E-state index in [0.717, 1.165) is 23.2 Å². The summed E-state index contributed by atoms with van der Waals surface area (Å²) in [6.07, 6.45) is 3.75. The first-order valence-electron chi connectivity index (χ1n) is 7.85. The van der Waals surface area contributed by atoms with Crippen LogP contribution in [-0.2, 0) is 17.9 Å². The van der Waals surface area contributed by atoms with Crippen LogP contribution in [0.3, 0.4) is 0 Å². The van der Waals surface area contributed by atoms with Crippen molar-refractivity contribution in [2.24, 2.45) is 5.92 Å². The fraction of sp³-hybridized carbons (Fsp3) is 0.294. The average molecular weight is 380 g/mol. The van der Waals surface area contributed by atoms with Crippen LogP contribution in [-0.4, -0.2) is 22.3 Å². The molecule has 4 rings (SSSR count). The molecule has 1 aliphatic heterocycles. The second-order valence-corrected chi connectivity index (χ2v) is 7.00. The van der Waals surface area contributed by atoms with Gasteiger partial charge in [-0.2, -0.15) is 5.10 Å². The number of furan rings is 1. The van der Waals surface area contributed by atoms with Gasteiger partial charge in [-0.05, 0) is 24.5 Å². The Morgan fingerprint density at radius 1 is 1.48 bits per heavy atom. The van der Waals surface area contributed by atoms with E-state index in [1.807, 2.05) is 0 Å². The summed E-state index contributed by atoms with van der Waals surface area (Å²) in [7, 11) is 0. The predicted octanol–water partition coefficient (Wildman–Crippen LogP) is 4.35. The van der Waals surface area contributed by atoms with E-state index < -0.39 is 5.97 Å². The molecule has 1 aliphatic rings. The Balaban J connectivity index is 1.70. The molecular weight excluding hydrogens is 365 g/mol. The van der Waals surface area contributed by atoms with Crippen molar-refractivity contribution >= 4 is 45.8 Å². The molecule has 2 aromatic heterocycles. The predicted molar refractivity (Wildman–Crippen MR) is 95.2 cm³/mol. The molecule has 1 N–H and O–H groups in total. The molecule has 0 radical (unpaired) electrons. The standard InChI is InChI=1S/C17H15Cl2N3O3/c1-9-4-11-14-13(3-2-12(19)15(14)20-5-9)25-16(11)17(23)24-8-22-7-10(18)6-21-22/h2-3,6-7,9,20H,4-5,8H2,1H3. The van der Waals surface area contributed by atoms with Crippen molar-refractivity contribution in [1.82, 2.24) is 9.78 Å². The van der Waals surface area contributed by atoms with E-state index in [2.05, 4.69) is 17.3 Å². The zero-order valence-corrected chi connectivity index (χ0v) is 14.9. The summed E-state index contributed by atoms with van der Waals surface area (Å²) in [4.78, 5) is 12.6. The van der Waals surface area contributed by atoms with Gasteiger partial charge in [0.1, 0.15) is 5.58 Å². The number of carbonyl (C=O) groups excluding carboxylic acids is 1. The molecule has 8 heteroatoms. The smallest absolute Gasteiger partial charge is 0.376 e. The number of nitrogens with one attached hydrogen (secondary N) is 1. The lowest BCUT2D eigenvalue weighted by Crippen LogP contribution is -2.14. The number of benzene rings is 1. The summed E-state index contributed by atoms with van der Waals surface area (Å²) in [6, 6.07) is 3.53. The van der Waals surface area contributed by atoms with E-state index in [-0.39, 0.29) is 12.5 Å². The maximum absolute atomic E-state index is 12.6. The first kappa shape index (κ1) is 16.3. The van der Waals surface area contributed by atoms with Gasteiger partial charge in [-0.3, -0.25) is 0 Å². The van der Waals surface area contributed by atoms with Crippen LogP contribution in [0.5, 0.6) is 0 Å². The molecule has 1 unspecified atom stereocenters. The topological polar surface area (TPSA) is 69.3 Å². The molecule has 0 spiro atoms. The van der Waals surface area contributed by atoms with Crippen LogP contribution >= 0.6 is 23.2 Å². The number of rotatable bonds is 3. The summed E-state index contributed by atoms with van der Waals surface area (Å²) in [5, 5.41) is 9.26. The molecule has 3 heterocycles. The van der Waals surface area contributed by atoms with Gasteiger partial charge in [0.2, 0.25) is 5.76 Å². The summed E-state index contributed by atoms with van der Waals surface area (Å²) in [6.45, 7) is 2.84. The van der Waals surface area contributed by atoms with Gasteiger partial charge in [0, 0.05) is 23.7 Å². The van der Waals surface area contributed by atoms with Crippen molar-refractivity contribution in [2.45, 2.75) is 20.1 Å². The Hall–Kier alpha value is -2.18. The molecule has 1 atom stereocenters. The van der Waals surface area contributed by atoms with Crippen LogP contribution in [0.15, 0.2) is 28.9 Å². The molecule has 0 bridgehead atoms. The molecule has 25 heavy (non-hydrogen) atoms. The highest BCUT2D eigenvalue weighted by molar-refractivity contribution is 6.35. The number of carbonyl (C=O) groups is 1. The number of hydrogen-bond donors (Lipinski definition) is 1. The zero-order chi connectivity index (χ0) is 17.6. The quantitative estimate of drug-likeness (QED) is 0.684. The Labute approximate surface area is 153 Å². The largest absolute Gasteiger partial charge is 0.449 e.